The first-order valence-electron chi connectivity index (χ1n) is 6.12. The topological polar surface area (TPSA) is 33.5 Å². The SMILES string of the molecule is C[NH+](CC(=O)Nc1cc(F)ccc1F)Cc1ccsc1. The number of carbonyl (C=O) groups excluding carboxylic acids is 1. The van der Waals surface area contributed by atoms with E-state index in [2.05, 4.69) is 5.32 Å². The number of amides is 1. The van der Waals surface area contributed by atoms with Gasteiger partial charge in [-0.1, -0.05) is 0 Å². The van der Waals surface area contributed by atoms with Crippen LogP contribution in [0.4, 0.5) is 14.5 Å². The third-order valence-electron chi connectivity index (χ3n) is 2.75. The highest BCUT2D eigenvalue weighted by atomic mass is 32.1. The Kier molecular flexibility index (Phi) is 4.81. The molecule has 6 heteroatoms. The van der Waals surface area contributed by atoms with E-state index in [-0.39, 0.29) is 18.1 Å². The van der Waals surface area contributed by atoms with Gasteiger partial charge in [0.05, 0.1) is 12.7 Å². The smallest absolute Gasteiger partial charge is 0.279 e. The molecule has 2 aromatic rings. The van der Waals surface area contributed by atoms with Crippen molar-refractivity contribution >= 4 is 22.9 Å². The van der Waals surface area contributed by atoms with Crippen molar-refractivity contribution in [2.75, 3.05) is 18.9 Å². The Hall–Kier alpha value is -1.79. The minimum atomic E-state index is -0.643. The lowest BCUT2D eigenvalue weighted by Crippen LogP contribution is -3.08. The summed E-state index contributed by atoms with van der Waals surface area (Å²) < 4.78 is 26.4. The summed E-state index contributed by atoms with van der Waals surface area (Å²) in [5.74, 6) is -1.57. The Morgan fingerprint density at radius 3 is 2.85 bits per heavy atom. The van der Waals surface area contributed by atoms with Crippen molar-refractivity contribution in [2.24, 2.45) is 0 Å². The van der Waals surface area contributed by atoms with E-state index in [1.807, 2.05) is 23.9 Å². The van der Waals surface area contributed by atoms with Gasteiger partial charge >= 0.3 is 0 Å². The number of nitrogens with one attached hydrogen (secondary N) is 2. The van der Waals surface area contributed by atoms with E-state index < -0.39 is 11.6 Å². The number of thiophene rings is 1. The van der Waals surface area contributed by atoms with Crippen molar-refractivity contribution in [1.82, 2.24) is 0 Å². The molecule has 0 saturated carbocycles. The molecule has 1 atom stereocenters. The molecule has 0 bridgehead atoms. The van der Waals surface area contributed by atoms with Gasteiger partial charge in [0, 0.05) is 11.6 Å². The molecule has 2 N–H and O–H groups in total. The minimum absolute atomic E-state index is 0.127. The van der Waals surface area contributed by atoms with Crippen LogP contribution in [0, 0.1) is 11.6 Å². The lowest BCUT2D eigenvalue weighted by Gasteiger charge is -2.13. The molecule has 20 heavy (non-hydrogen) atoms. The van der Waals surface area contributed by atoms with Crippen LogP contribution in [-0.2, 0) is 11.3 Å². The van der Waals surface area contributed by atoms with Gasteiger partial charge in [-0.2, -0.15) is 11.3 Å². The van der Waals surface area contributed by atoms with Crippen LogP contribution in [0.5, 0.6) is 0 Å². The van der Waals surface area contributed by atoms with Crippen LogP contribution in [0.25, 0.3) is 0 Å². The fourth-order valence-electron chi connectivity index (χ4n) is 1.87. The molecule has 0 aliphatic heterocycles. The minimum Gasteiger partial charge on any atom is -0.326 e. The number of carbonyl (C=O) groups is 1. The van der Waals surface area contributed by atoms with E-state index in [1.165, 1.54) is 0 Å². The fourth-order valence-corrected chi connectivity index (χ4v) is 2.53. The normalized spacial score (nSPS) is 12.2. The summed E-state index contributed by atoms with van der Waals surface area (Å²) in [5.41, 5.74) is 1.02. The van der Waals surface area contributed by atoms with E-state index >= 15 is 0 Å². The largest absolute Gasteiger partial charge is 0.326 e. The number of hydrogen-bond donors (Lipinski definition) is 2. The summed E-state index contributed by atoms with van der Waals surface area (Å²) in [6.45, 7) is 0.897. The van der Waals surface area contributed by atoms with Crippen LogP contribution in [-0.4, -0.2) is 19.5 Å². The van der Waals surface area contributed by atoms with E-state index in [4.69, 9.17) is 0 Å². The molecule has 3 nitrogen and oxygen atoms in total. The quantitative estimate of drug-likeness (QED) is 0.865. The molecule has 2 rings (SSSR count). The van der Waals surface area contributed by atoms with Crippen LogP contribution in [0.2, 0.25) is 0 Å². The number of benzene rings is 1. The van der Waals surface area contributed by atoms with Gasteiger partial charge in [0.25, 0.3) is 5.91 Å². The Bertz CT molecular complexity index is 587. The van der Waals surface area contributed by atoms with Crippen molar-refractivity contribution in [3.63, 3.8) is 0 Å². The monoisotopic (exact) mass is 297 g/mol. The van der Waals surface area contributed by atoms with Crippen LogP contribution in [0.15, 0.2) is 35.0 Å². The highest BCUT2D eigenvalue weighted by molar-refractivity contribution is 7.07. The van der Waals surface area contributed by atoms with Gasteiger partial charge in [-0.25, -0.2) is 8.78 Å². The molecule has 1 heterocycles. The molecule has 0 radical (unpaired) electrons. The van der Waals surface area contributed by atoms with Gasteiger partial charge in [-0.05, 0) is 29.0 Å². The van der Waals surface area contributed by atoms with Gasteiger partial charge in [0.15, 0.2) is 6.54 Å². The van der Waals surface area contributed by atoms with Crippen LogP contribution >= 0.6 is 11.3 Å². The average molecular weight is 297 g/mol. The Balaban J connectivity index is 1.90. The van der Waals surface area contributed by atoms with E-state index in [1.54, 1.807) is 11.3 Å². The third kappa shape index (κ3) is 4.11. The van der Waals surface area contributed by atoms with Crippen molar-refractivity contribution in [1.29, 1.82) is 0 Å². The second-order valence-corrected chi connectivity index (χ2v) is 5.39. The Morgan fingerprint density at radius 1 is 1.35 bits per heavy atom. The summed E-state index contributed by atoms with van der Waals surface area (Å²) in [6.07, 6.45) is 0. The first-order valence-corrected chi connectivity index (χ1v) is 7.06. The molecule has 1 unspecified atom stereocenters. The number of quaternary nitrogens is 1. The molecular formula is C14H15F2N2OS+. The van der Waals surface area contributed by atoms with Gasteiger partial charge in [-0.3, -0.25) is 4.79 Å². The zero-order valence-corrected chi connectivity index (χ0v) is 11.8. The lowest BCUT2D eigenvalue weighted by molar-refractivity contribution is -0.885. The standard InChI is InChI=1S/C14H14F2N2OS/c1-18(7-10-4-5-20-9-10)8-14(19)17-13-6-11(15)2-3-12(13)16/h2-6,9H,7-8H2,1H3,(H,17,19)/p+1. The van der Waals surface area contributed by atoms with Crippen molar-refractivity contribution in [3.05, 3.63) is 52.2 Å². The molecule has 0 fully saturated rings. The van der Waals surface area contributed by atoms with Crippen molar-refractivity contribution in [2.45, 2.75) is 6.54 Å². The summed E-state index contributed by atoms with van der Waals surface area (Å²) in [6, 6.07) is 4.98. The first kappa shape index (κ1) is 14.6. The lowest BCUT2D eigenvalue weighted by atomic mass is 10.3. The zero-order valence-electron chi connectivity index (χ0n) is 11.0. The second-order valence-electron chi connectivity index (χ2n) is 4.61. The zero-order chi connectivity index (χ0) is 14.5. The van der Waals surface area contributed by atoms with Crippen LogP contribution in [0.1, 0.15) is 5.56 Å². The molecule has 0 aliphatic carbocycles. The molecule has 1 amide bonds. The van der Waals surface area contributed by atoms with Crippen LogP contribution < -0.4 is 10.2 Å². The first-order chi connectivity index (χ1) is 9.54. The number of halogens is 2. The maximum atomic E-state index is 13.4. The second kappa shape index (κ2) is 6.58. The number of anilines is 1. The van der Waals surface area contributed by atoms with Crippen molar-refractivity contribution in [3.8, 4) is 0 Å². The molecule has 0 saturated heterocycles. The number of hydrogen-bond acceptors (Lipinski definition) is 2. The maximum Gasteiger partial charge on any atom is 0.279 e. The molecule has 1 aromatic carbocycles. The average Bonchev–Trinajstić information content (AvgIpc) is 2.86. The van der Waals surface area contributed by atoms with Gasteiger partial charge in [-0.15, -0.1) is 0 Å². The molecular weight excluding hydrogens is 282 g/mol. The predicted molar refractivity (Wildman–Crippen MR) is 74.8 cm³/mol. The highest BCUT2D eigenvalue weighted by Crippen LogP contribution is 2.14. The Morgan fingerprint density at radius 2 is 2.15 bits per heavy atom. The maximum absolute atomic E-state index is 13.4. The van der Waals surface area contributed by atoms with E-state index in [0.29, 0.717) is 6.54 Å². The summed E-state index contributed by atoms with van der Waals surface area (Å²) in [5, 5.41) is 6.39. The van der Waals surface area contributed by atoms with Gasteiger partial charge in [0.1, 0.15) is 18.2 Å². The van der Waals surface area contributed by atoms with Crippen LogP contribution in [0.3, 0.4) is 0 Å². The summed E-state index contributed by atoms with van der Waals surface area (Å²) >= 11 is 1.60. The molecule has 0 spiro atoms. The summed E-state index contributed by atoms with van der Waals surface area (Å²) in [7, 11) is 1.87. The van der Waals surface area contributed by atoms with E-state index in [0.717, 1.165) is 28.7 Å². The van der Waals surface area contributed by atoms with Gasteiger partial charge in [0.2, 0.25) is 0 Å². The third-order valence-corrected chi connectivity index (χ3v) is 3.48. The predicted octanol–water partition coefficient (Wildman–Crippen LogP) is 1.68. The molecule has 106 valence electrons. The number of rotatable bonds is 5. The van der Waals surface area contributed by atoms with Crippen molar-refractivity contribution < 1.29 is 18.5 Å². The fraction of sp³-hybridized carbons (Fsp3) is 0.214. The Labute approximate surface area is 119 Å². The van der Waals surface area contributed by atoms with Gasteiger partial charge < -0.3 is 10.2 Å². The highest BCUT2D eigenvalue weighted by Gasteiger charge is 2.13. The number of likely N-dealkylation sites (N-methyl/N-ethyl adjacent to an activating group) is 1. The summed E-state index contributed by atoms with van der Waals surface area (Å²) in [4.78, 5) is 12.8. The molecule has 1 aromatic heterocycles. The van der Waals surface area contributed by atoms with E-state index in [9.17, 15) is 13.6 Å². The molecule has 0 aliphatic rings.